The number of nitrogens with zero attached hydrogens (tertiary/aromatic N) is 3. The van der Waals surface area contributed by atoms with E-state index in [1.807, 2.05) is 36.4 Å². The molecular weight excluding hydrogens is 497 g/mol. The maximum atomic E-state index is 10.9. The Morgan fingerprint density at radius 1 is 1.17 bits per heavy atom. The zero-order chi connectivity index (χ0) is 20.6. The number of hydrogen-bond donors (Lipinski definition) is 3. The summed E-state index contributed by atoms with van der Waals surface area (Å²) in [7, 11) is 1.77. The lowest BCUT2D eigenvalue weighted by Gasteiger charge is -2.37. The number of ether oxygens (including phenoxy) is 1. The molecule has 1 amide bonds. The molecule has 1 heterocycles. The number of carbonyl (C=O) groups excluding carboxylic acids is 1. The number of anilines is 1. The highest BCUT2D eigenvalue weighted by Crippen LogP contribution is 2.27. The number of benzene rings is 2. The highest BCUT2D eigenvalue weighted by molar-refractivity contribution is 14.0. The van der Waals surface area contributed by atoms with Gasteiger partial charge in [0.1, 0.15) is 11.5 Å². The lowest BCUT2D eigenvalue weighted by Crippen LogP contribution is -2.52. The zero-order valence-electron chi connectivity index (χ0n) is 17.0. The summed E-state index contributed by atoms with van der Waals surface area (Å²) in [4.78, 5) is 19.6. The van der Waals surface area contributed by atoms with Crippen LogP contribution in [0.25, 0.3) is 0 Å². The van der Waals surface area contributed by atoms with E-state index in [2.05, 4.69) is 20.1 Å². The summed E-state index contributed by atoms with van der Waals surface area (Å²) in [5.74, 6) is 1.23. The summed E-state index contributed by atoms with van der Waals surface area (Å²) in [6, 6.07) is 14.9. The Balaban J connectivity index is 0.00000320. The second kappa shape index (κ2) is 11.5. The van der Waals surface area contributed by atoms with Crippen molar-refractivity contribution in [2.45, 2.75) is 6.54 Å². The van der Waals surface area contributed by atoms with Crippen LogP contribution in [-0.4, -0.2) is 61.7 Å². The molecule has 1 saturated heterocycles. The number of carbonyl (C=O) groups is 1. The molecule has 1 aliphatic heterocycles. The number of phenols is 1. The molecule has 162 valence electrons. The van der Waals surface area contributed by atoms with Crippen molar-refractivity contribution in [1.82, 2.24) is 10.2 Å². The number of aliphatic imine (C=N–C) groups is 1. The molecule has 8 nitrogen and oxygen atoms in total. The Labute approximate surface area is 193 Å². The highest BCUT2D eigenvalue weighted by Gasteiger charge is 2.21. The monoisotopic (exact) mass is 525 g/mol. The average Bonchev–Trinajstić information content (AvgIpc) is 2.74. The predicted octanol–water partition coefficient (Wildman–Crippen LogP) is 1.77. The van der Waals surface area contributed by atoms with Crippen molar-refractivity contribution in [2.75, 3.05) is 44.7 Å². The first-order valence-corrected chi connectivity index (χ1v) is 9.55. The van der Waals surface area contributed by atoms with Gasteiger partial charge < -0.3 is 30.7 Å². The summed E-state index contributed by atoms with van der Waals surface area (Å²) in [5.41, 5.74) is 7.00. The molecule has 1 fully saturated rings. The van der Waals surface area contributed by atoms with E-state index in [1.165, 1.54) is 0 Å². The third kappa shape index (κ3) is 6.41. The van der Waals surface area contributed by atoms with Gasteiger partial charge in [-0.2, -0.15) is 0 Å². The van der Waals surface area contributed by atoms with Crippen LogP contribution in [0.4, 0.5) is 5.69 Å². The SMILES string of the molecule is CN=C(NCc1cccc(OCC(N)=O)c1)N1CCN(c2ccccc2O)CC1.I. The Hall–Kier alpha value is -2.69. The minimum atomic E-state index is -0.503. The minimum Gasteiger partial charge on any atom is -0.506 e. The molecule has 2 aromatic rings. The number of amides is 1. The number of guanidine groups is 1. The van der Waals surface area contributed by atoms with Gasteiger partial charge in [0.05, 0.1) is 5.69 Å². The van der Waals surface area contributed by atoms with E-state index in [4.69, 9.17) is 10.5 Å². The maximum Gasteiger partial charge on any atom is 0.255 e. The molecular formula is C21H28IN5O3. The molecule has 2 aromatic carbocycles. The first kappa shape index (κ1) is 23.6. The number of nitrogens with two attached hydrogens (primary N) is 1. The average molecular weight is 525 g/mol. The lowest BCUT2D eigenvalue weighted by atomic mass is 10.2. The number of halogens is 1. The summed E-state index contributed by atoms with van der Waals surface area (Å²) < 4.78 is 5.35. The van der Waals surface area contributed by atoms with Gasteiger partial charge in [-0.05, 0) is 29.8 Å². The Bertz CT molecular complexity index is 869. The maximum absolute atomic E-state index is 10.9. The van der Waals surface area contributed by atoms with E-state index in [0.29, 0.717) is 18.0 Å². The fourth-order valence-corrected chi connectivity index (χ4v) is 3.30. The summed E-state index contributed by atoms with van der Waals surface area (Å²) >= 11 is 0. The predicted molar refractivity (Wildman–Crippen MR) is 129 cm³/mol. The number of hydrogen-bond acceptors (Lipinski definition) is 5. The molecule has 0 aliphatic carbocycles. The second-order valence-corrected chi connectivity index (χ2v) is 6.77. The van der Waals surface area contributed by atoms with Gasteiger partial charge in [-0.3, -0.25) is 9.79 Å². The molecule has 1 aliphatic rings. The molecule has 4 N–H and O–H groups in total. The van der Waals surface area contributed by atoms with Crippen LogP contribution < -0.4 is 20.7 Å². The molecule has 0 saturated carbocycles. The molecule has 3 rings (SSSR count). The van der Waals surface area contributed by atoms with Crippen LogP contribution in [-0.2, 0) is 11.3 Å². The minimum absolute atomic E-state index is 0. The van der Waals surface area contributed by atoms with Crippen molar-refractivity contribution in [3.63, 3.8) is 0 Å². The Morgan fingerprint density at radius 3 is 2.57 bits per heavy atom. The number of piperazine rings is 1. The molecule has 0 spiro atoms. The Morgan fingerprint density at radius 2 is 1.90 bits per heavy atom. The third-order valence-corrected chi connectivity index (χ3v) is 4.74. The van der Waals surface area contributed by atoms with Gasteiger partial charge in [0.25, 0.3) is 5.91 Å². The van der Waals surface area contributed by atoms with Crippen LogP contribution in [0, 0.1) is 0 Å². The smallest absolute Gasteiger partial charge is 0.255 e. The Kier molecular flexibility index (Phi) is 9.03. The number of aromatic hydroxyl groups is 1. The molecule has 0 atom stereocenters. The standard InChI is InChI=1S/C21H27N5O3.HI/c1-23-21(24-14-16-5-4-6-17(13-16)29-15-20(22)28)26-11-9-25(10-12-26)18-7-2-3-8-19(18)27;/h2-8,13,27H,9-12,14-15H2,1H3,(H2,22,28)(H,23,24);1H. The molecule has 9 heteroatoms. The number of nitrogens with one attached hydrogen (secondary N) is 1. The van der Waals surface area contributed by atoms with Gasteiger partial charge in [-0.1, -0.05) is 24.3 Å². The van der Waals surface area contributed by atoms with Crippen molar-refractivity contribution < 1.29 is 14.6 Å². The normalized spacial score (nSPS) is 14.1. The fraction of sp³-hybridized carbons (Fsp3) is 0.333. The molecule has 0 aromatic heterocycles. The molecule has 30 heavy (non-hydrogen) atoms. The van der Waals surface area contributed by atoms with Crippen molar-refractivity contribution in [1.29, 1.82) is 0 Å². The van der Waals surface area contributed by atoms with Crippen molar-refractivity contribution in [3.05, 3.63) is 54.1 Å². The summed E-state index contributed by atoms with van der Waals surface area (Å²) in [5, 5.41) is 13.4. The van der Waals surface area contributed by atoms with E-state index < -0.39 is 5.91 Å². The van der Waals surface area contributed by atoms with Gasteiger partial charge in [0, 0.05) is 39.8 Å². The van der Waals surface area contributed by atoms with Crippen LogP contribution in [0.3, 0.4) is 0 Å². The summed E-state index contributed by atoms with van der Waals surface area (Å²) in [6.07, 6.45) is 0. The largest absolute Gasteiger partial charge is 0.506 e. The first-order valence-electron chi connectivity index (χ1n) is 9.55. The van der Waals surface area contributed by atoms with E-state index in [0.717, 1.165) is 43.4 Å². The number of rotatable bonds is 6. The van der Waals surface area contributed by atoms with Crippen LogP contribution >= 0.6 is 24.0 Å². The van der Waals surface area contributed by atoms with E-state index in [-0.39, 0.29) is 30.6 Å². The van der Waals surface area contributed by atoms with Crippen LogP contribution in [0.15, 0.2) is 53.5 Å². The topological polar surface area (TPSA) is 103 Å². The van der Waals surface area contributed by atoms with E-state index in [1.54, 1.807) is 19.2 Å². The number of primary amides is 1. The lowest BCUT2D eigenvalue weighted by molar-refractivity contribution is -0.119. The van der Waals surface area contributed by atoms with Crippen molar-refractivity contribution in [2.24, 2.45) is 10.7 Å². The van der Waals surface area contributed by atoms with Crippen LogP contribution in [0.5, 0.6) is 11.5 Å². The van der Waals surface area contributed by atoms with Gasteiger partial charge in [0.15, 0.2) is 12.6 Å². The van der Waals surface area contributed by atoms with Gasteiger partial charge in [0.2, 0.25) is 0 Å². The van der Waals surface area contributed by atoms with Crippen LogP contribution in [0.2, 0.25) is 0 Å². The quantitative estimate of drug-likeness (QED) is 0.302. The van der Waals surface area contributed by atoms with Crippen molar-refractivity contribution in [3.8, 4) is 11.5 Å². The number of phenolic OH excluding ortho intramolecular Hbond substituents is 1. The van der Waals surface area contributed by atoms with Gasteiger partial charge >= 0.3 is 0 Å². The number of para-hydroxylation sites is 2. The molecule has 0 radical (unpaired) electrons. The molecule has 0 bridgehead atoms. The summed E-state index contributed by atoms with van der Waals surface area (Å²) in [6.45, 7) is 3.65. The van der Waals surface area contributed by atoms with Crippen LogP contribution in [0.1, 0.15) is 5.56 Å². The zero-order valence-corrected chi connectivity index (χ0v) is 19.3. The van der Waals surface area contributed by atoms with Gasteiger partial charge in [-0.15, -0.1) is 24.0 Å². The van der Waals surface area contributed by atoms with E-state index >= 15 is 0 Å². The molecule has 0 unspecified atom stereocenters. The van der Waals surface area contributed by atoms with Gasteiger partial charge in [-0.25, -0.2) is 0 Å². The highest BCUT2D eigenvalue weighted by atomic mass is 127. The second-order valence-electron chi connectivity index (χ2n) is 6.77. The van der Waals surface area contributed by atoms with Crippen molar-refractivity contribution >= 4 is 41.5 Å². The van der Waals surface area contributed by atoms with E-state index in [9.17, 15) is 9.90 Å². The first-order chi connectivity index (χ1) is 14.1. The fourth-order valence-electron chi connectivity index (χ4n) is 3.30. The third-order valence-electron chi connectivity index (χ3n) is 4.74.